The second kappa shape index (κ2) is 4.71. The van der Waals surface area contributed by atoms with Gasteiger partial charge in [0.25, 0.3) is 0 Å². The van der Waals surface area contributed by atoms with Crippen molar-refractivity contribution in [2.45, 2.75) is 19.4 Å². The molecule has 2 N–H and O–H groups in total. The van der Waals surface area contributed by atoms with Crippen LogP contribution in [0, 0.1) is 5.92 Å². The van der Waals surface area contributed by atoms with Crippen LogP contribution in [0.25, 0.3) is 0 Å². The highest BCUT2D eigenvalue weighted by molar-refractivity contribution is 7.89. The molecule has 2 rings (SSSR count). The van der Waals surface area contributed by atoms with E-state index in [4.69, 9.17) is 5.11 Å². The van der Waals surface area contributed by atoms with Crippen molar-refractivity contribution in [2.75, 3.05) is 5.75 Å². The van der Waals surface area contributed by atoms with Gasteiger partial charge in [-0.15, -0.1) is 11.3 Å². The Hall–Kier alpha value is -0.990. The van der Waals surface area contributed by atoms with Gasteiger partial charge in [0.15, 0.2) is 5.69 Å². The Morgan fingerprint density at radius 1 is 1.59 bits per heavy atom. The highest BCUT2D eigenvalue weighted by Crippen LogP contribution is 2.30. The Morgan fingerprint density at radius 2 is 2.29 bits per heavy atom. The van der Waals surface area contributed by atoms with Crippen LogP contribution in [0.15, 0.2) is 5.38 Å². The summed E-state index contributed by atoms with van der Waals surface area (Å²) in [6.45, 7) is 0.0625. The van der Waals surface area contributed by atoms with Gasteiger partial charge in [-0.3, -0.25) is 0 Å². The van der Waals surface area contributed by atoms with Crippen molar-refractivity contribution in [1.82, 2.24) is 9.71 Å². The third-order valence-corrected chi connectivity index (χ3v) is 4.71. The van der Waals surface area contributed by atoms with Crippen molar-refractivity contribution in [1.29, 1.82) is 0 Å². The van der Waals surface area contributed by atoms with Gasteiger partial charge in [0.2, 0.25) is 10.0 Å². The summed E-state index contributed by atoms with van der Waals surface area (Å²) >= 11 is 1.13. The van der Waals surface area contributed by atoms with E-state index < -0.39 is 16.0 Å². The second-order valence-corrected chi connectivity index (χ2v) is 6.77. The number of aromatic carboxylic acids is 1. The number of aromatic nitrogens is 1. The zero-order valence-electron chi connectivity index (χ0n) is 8.92. The van der Waals surface area contributed by atoms with Crippen LogP contribution in [0.1, 0.15) is 28.3 Å². The molecule has 0 bridgehead atoms. The lowest BCUT2D eigenvalue weighted by molar-refractivity contribution is 0.0691. The first-order valence-corrected chi connectivity index (χ1v) is 7.64. The molecule has 0 aromatic carbocycles. The summed E-state index contributed by atoms with van der Waals surface area (Å²) in [5.74, 6) is -0.656. The van der Waals surface area contributed by atoms with Crippen molar-refractivity contribution >= 4 is 27.3 Å². The van der Waals surface area contributed by atoms with Crippen LogP contribution in [-0.2, 0) is 16.6 Å². The van der Waals surface area contributed by atoms with Gasteiger partial charge in [0, 0.05) is 5.38 Å². The summed E-state index contributed by atoms with van der Waals surface area (Å²) in [6, 6.07) is 0. The molecule has 0 amide bonds. The molecular weight excluding hydrogens is 264 g/mol. The summed E-state index contributed by atoms with van der Waals surface area (Å²) in [4.78, 5) is 14.4. The fourth-order valence-corrected chi connectivity index (χ4v) is 3.54. The van der Waals surface area contributed by atoms with Crippen LogP contribution in [0.5, 0.6) is 0 Å². The van der Waals surface area contributed by atoms with Crippen molar-refractivity contribution < 1.29 is 18.3 Å². The number of carbonyl (C=O) groups is 1. The Morgan fingerprint density at radius 3 is 2.82 bits per heavy atom. The van der Waals surface area contributed by atoms with Crippen LogP contribution in [0.4, 0.5) is 0 Å². The molecular formula is C9H12N2O4S2. The Bertz CT molecular complexity index is 519. The quantitative estimate of drug-likeness (QED) is 0.796. The summed E-state index contributed by atoms with van der Waals surface area (Å²) in [6.07, 6.45) is 1.95. The van der Waals surface area contributed by atoms with Crippen LogP contribution in [-0.4, -0.2) is 30.2 Å². The number of carboxylic acid groups (broad SMARTS) is 1. The lowest BCUT2D eigenvalue weighted by atomic mass is 10.5. The third-order valence-electron chi connectivity index (χ3n) is 2.37. The first-order valence-electron chi connectivity index (χ1n) is 5.11. The molecule has 17 heavy (non-hydrogen) atoms. The van der Waals surface area contributed by atoms with Gasteiger partial charge in [-0.2, -0.15) is 0 Å². The highest BCUT2D eigenvalue weighted by Gasteiger charge is 2.27. The number of nitrogens with zero attached hydrogens (tertiary/aromatic N) is 1. The first-order chi connectivity index (χ1) is 7.96. The lowest BCUT2D eigenvalue weighted by Crippen LogP contribution is -2.26. The first kappa shape index (κ1) is 12.5. The predicted octanol–water partition coefficient (Wildman–Crippen LogP) is 0.671. The van der Waals surface area contributed by atoms with Crippen molar-refractivity contribution in [2.24, 2.45) is 5.92 Å². The number of carboxylic acids is 1. The third kappa shape index (κ3) is 3.76. The number of nitrogens with one attached hydrogen (secondary N) is 1. The van der Waals surface area contributed by atoms with E-state index in [0.29, 0.717) is 10.9 Å². The maximum Gasteiger partial charge on any atom is 0.355 e. The van der Waals surface area contributed by atoms with Crippen LogP contribution in [0.3, 0.4) is 0 Å². The van der Waals surface area contributed by atoms with Crippen LogP contribution in [0.2, 0.25) is 0 Å². The van der Waals surface area contributed by atoms with Crippen LogP contribution < -0.4 is 4.72 Å². The second-order valence-electron chi connectivity index (χ2n) is 3.98. The van der Waals surface area contributed by atoms with E-state index in [2.05, 4.69) is 9.71 Å². The SMILES string of the molecule is O=C(O)c1csc(CNS(=O)(=O)CC2CC2)n1. The predicted molar refractivity (Wildman–Crippen MR) is 62.4 cm³/mol. The fourth-order valence-electron chi connectivity index (χ4n) is 1.32. The minimum Gasteiger partial charge on any atom is -0.476 e. The molecule has 0 aliphatic heterocycles. The molecule has 1 aromatic rings. The Kier molecular flexibility index (Phi) is 3.45. The molecule has 0 spiro atoms. The van der Waals surface area contributed by atoms with Gasteiger partial charge in [-0.1, -0.05) is 0 Å². The maximum absolute atomic E-state index is 11.5. The Labute approximate surface area is 103 Å². The van der Waals surface area contributed by atoms with Crippen molar-refractivity contribution in [3.63, 3.8) is 0 Å². The molecule has 1 aliphatic rings. The fraction of sp³-hybridized carbons (Fsp3) is 0.556. The van der Waals surface area contributed by atoms with Crippen LogP contribution >= 0.6 is 11.3 Å². The van der Waals surface area contributed by atoms with E-state index in [1.54, 1.807) is 0 Å². The smallest absolute Gasteiger partial charge is 0.355 e. The minimum atomic E-state index is -3.26. The standard InChI is InChI=1S/C9H12N2O4S2/c12-9(13)7-4-16-8(11-7)3-10-17(14,15)5-6-1-2-6/h4,6,10H,1-3,5H2,(H,12,13). The van der Waals surface area contributed by atoms with E-state index in [9.17, 15) is 13.2 Å². The van der Waals surface area contributed by atoms with E-state index in [1.165, 1.54) is 5.38 Å². The zero-order valence-corrected chi connectivity index (χ0v) is 10.6. The van der Waals surface area contributed by atoms with E-state index >= 15 is 0 Å². The van der Waals surface area contributed by atoms with Crippen molar-refractivity contribution in [3.05, 3.63) is 16.1 Å². The monoisotopic (exact) mass is 276 g/mol. The normalized spacial score (nSPS) is 16.0. The van der Waals surface area contributed by atoms with E-state index in [0.717, 1.165) is 24.2 Å². The molecule has 0 radical (unpaired) electrons. The van der Waals surface area contributed by atoms with Crippen molar-refractivity contribution in [3.8, 4) is 0 Å². The molecule has 94 valence electrons. The van der Waals surface area contributed by atoms with Gasteiger partial charge in [0.05, 0.1) is 12.3 Å². The molecule has 0 saturated heterocycles. The summed E-state index contributed by atoms with van der Waals surface area (Å²) in [5.41, 5.74) is -0.0496. The summed E-state index contributed by atoms with van der Waals surface area (Å²) in [5, 5.41) is 10.5. The molecule has 8 heteroatoms. The molecule has 1 heterocycles. The van der Waals surface area contributed by atoms with Gasteiger partial charge < -0.3 is 5.11 Å². The van der Waals surface area contributed by atoms with Gasteiger partial charge in [0.1, 0.15) is 5.01 Å². The summed E-state index contributed by atoms with van der Waals surface area (Å²) in [7, 11) is -3.26. The van der Waals surface area contributed by atoms with Gasteiger partial charge in [-0.05, 0) is 18.8 Å². The maximum atomic E-state index is 11.5. The Balaban J connectivity index is 1.89. The lowest BCUT2D eigenvalue weighted by Gasteiger charge is -2.03. The van der Waals surface area contributed by atoms with Gasteiger partial charge in [-0.25, -0.2) is 22.9 Å². The average molecular weight is 276 g/mol. The van der Waals surface area contributed by atoms with E-state index in [1.807, 2.05) is 0 Å². The molecule has 0 unspecified atom stereocenters. The minimum absolute atomic E-state index is 0.0496. The zero-order chi connectivity index (χ0) is 12.5. The summed E-state index contributed by atoms with van der Waals surface area (Å²) < 4.78 is 25.5. The molecule has 1 aromatic heterocycles. The van der Waals surface area contributed by atoms with E-state index in [-0.39, 0.29) is 18.0 Å². The highest BCUT2D eigenvalue weighted by atomic mass is 32.2. The number of rotatable bonds is 6. The largest absolute Gasteiger partial charge is 0.476 e. The molecule has 1 saturated carbocycles. The topological polar surface area (TPSA) is 96.4 Å². The molecule has 1 fully saturated rings. The number of thiazole rings is 1. The number of hydrogen-bond acceptors (Lipinski definition) is 5. The molecule has 0 atom stereocenters. The number of sulfonamides is 1. The average Bonchev–Trinajstić information content (AvgIpc) is 2.90. The molecule has 1 aliphatic carbocycles. The molecule has 6 nitrogen and oxygen atoms in total. The number of hydrogen-bond donors (Lipinski definition) is 2. The van der Waals surface area contributed by atoms with Gasteiger partial charge >= 0.3 is 5.97 Å².